The van der Waals surface area contributed by atoms with E-state index in [1.165, 1.54) is 16.2 Å². The number of fused-ring (bicyclic) bond motifs is 1. The third-order valence-corrected chi connectivity index (χ3v) is 4.19. The summed E-state index contributed by atoms with van der Waals surface area (Å²) in [4.78, 5) is 5.62. The van der Waals surface area contributed by atoms with E-state index >= 15 is 0 Å². The largest absolute Gasteiger partial charge is 0.466 e. The first-order valence-corrected chi connectivity index (χ1v) is 6.68. The molecule has 3 rings (SSSR count). The molecule has 1 aromatic heterocycles. The maximum atomic E-state index is 12.7. The van der Waals surface area contributed by atoms with Crippen molar-refractivity contribution in [2.24, 2.45) is 0 Å². The maximum Gasteiger partial charge on any atom is 0.273 e. The van der Waals surface area contributed by atoms with E-state index in [0.29, 0.717) is 5.19 Å². The summed E-state index contributed by atoms with van der Waals surface area (Å²) in [6, 6.07) is 0. The molecule has 0 bridgehead atoms. The van der Waals surface area contributed by atoms with Crippen molar-refractivity contribution in [3.8, 4) is 5.19 Å². The van der Waals surface area contributed by atoms with Crippen molar-refractivity contribution in [2.75, 3.05) is 13.1 Å². The Hall–Kier alpha value is -0.750. The van der Waals surface area contributed by atoms with Crippen LogP contribution in [0.4, 0.5) is 8.78 Å². The second-order valence-electron chi connectivity index (χ2n) is 4.60. The minimum absolute atomic E-state index is 0.168. The van der Waals surface area contributed by atoms with Gasteiger partial charge in [0.25, 0.3) is 11.1 Å². The topological polar surface area (TPSA) is 34.1 Å². The fourth-order valence-electron chi connectivity index (χ4n) is 2.17. The van der Waals surface area contributed by atoms with Crippen LogP contribution in [-0.4, -0.2) is 30.1 Å². The molecule has 0 atom stereocenters. The number of hydrogen-bond donors (Lipinski definition) is 1. The van der Waals surface area contributed by atoms with Gasteiger partial charge in [-0.1, -0.05) is 11.3 Å². The Morgan fingerprint density at radius 2 is 2.06 bits per heavy atom. The molecule has 1 fully saturated rings. The molecule has 1 N–H and O–H groups in total. The van der Waals surface area contributed by atoms with E-state index in [2.05, 4.69) is 10.3 Å². The average molecular weight is 260 g/mol. The Morgan fingerprint density at radius 1 is 1.29 bits per heavy atom. The quantitative estimate of drug-likeness (QED) is 0.883. The van der Waals surface area contributed by atoms with Crippen LogP contribution in [0.25, 0.3) is 0 Å². The second-order valence-corrected chi connectivity index (χ2v) is 5.65. The highest BCUT2D eigenvalue weighted by atomic mass is 32.1. The smallest absolute Gasteiger partial charge is 0.273 e. The number of nitrogens with one attached hydrogen (secondary N) is 1. The van der Waals surface area contributed by atoms with E-state index in [9.17, 15) is 8.78 Å². The lowest BCUT2D eigenvalue weighted by Gasteiger charge is -2.33. The van der Waals surface area contributed by atoms with Gasteiger partial charge in [0, 0.05) is 37.2 Å². The number of alkyl halides is 2. The average Bonchev–Trinajstić information content (AvgIpc) is 2.45. The molecular formula is C11H14F2N2OS. The number of nitrogens with zero attached hydrogens (tertiary/aromatic N) is 1. The molecule has 3 nitrogen and oxygen atoms in total. The summed E-state index contributed by atoms with van der Waals surface area (Å²) in [5, 5.41) is 3.87. The van der Waals surface area contributed by atoms with Gasteiger partial charge in [-0.05, 0) is 6.42 Å². The molecule has 17 heavy (non-hydrogen) atoms. The molecule has 6 heteroatoms. The fraction of sp³-hybridized carbons (Fsp3) is 0.727. The summed E-state index contributed by atoms with van der Waals surface area (Å²) in [6.07, 6.45) is 1.17. The number of aromatic nitrogens is 1. The van der Waals surface area contributed by atoms with Gasteiger partial charge in [-0.2, -0.15) is 0 Å². The van der Waals surface area contributed by atoms with Crippen LogP contribution in [0.1, 0.15) is 23.4 Å². The Bertz CT molecular complexity index is 390. The highest BCUT2D eigenvalue weighted by Crippen LogP contribution is 2.40. The van der Waals surface area contributed by atoms with Gasteiger partial charge in [0.15, 0.2) is 0 Å². The Labute approximate surface area is 102 Å². The molecule has 0 radical (unpaired) electrons. The van der Waals surface area contributed by atoms with E-state index in [1.54, 1.807) is 0 Å². The van der Waals surface area contributed by atoms with E-state index in [-0.39, 0.29) is 18.9 Å². The van der Waals surface area contributed by atoms with Crippen molar-refractivity contribution in [3.63, 3.8) is 0 Å². The molecule has 2 aliphatic rings. The summed E-state index contributed by atoms with van der Waals surface area (Å²) in [5.74, 6) is -2.52. The minimum Gasteiger partial charge on any atom is -0.466 e. The second kappa shape index (κ2) is 4.17. The highest BCUT2D eigenvalue weighted by Gasteiger charge is 2.47. The predicted octanol–water partition coefficient (Wildman–Crippen LogP) is 2.01. The zero-order chi connectivity index (χ0) is 11.9. The lowest BCUT2D eigenvalue weighted by Crippen LogP contribution is -2.43. The normalized spacial score (nSPS) is 23.6. The van der Waals surface area contributed by atoms with Gasteiger partial charge >= 0.3 is 0 Å². The number of halogens is 2. The molecule has 0 spiro atoms. The summed E-state index contributed by atoms with van der Waals surface area (Å²) < 4.78 is 30.8. The van der Waals surface area contributed by atoms with Gasteiger partial charge in [-0.3, -0.25) is 0 Å². The lowest BCUT2D eigenvalue weighted by molar-refractivity contribution is -0.134. The molecule has 1 aliphatic carbocycles. The van der Waals surface area contributed by atoms with Crippen LogP contribution in [0.2, 0.25) is 0 Å². The highest BCUT2D eigenvalue weighted by molar-refractivity contribution is 7.13. The van der Waals surface area contributed by atoms with Crippen molar-refractivity contribution < 1.29 is 13.5 Å². The van der Waals surface area contributed by atoms with E-state index in [4.69, 9.17) is 4.74 Å². The minimum atomic E-state index is -2.52. The zero-order valence-corrected chi connectivity index (χ0v) is 10.2. The summed E-state index contributed by atoms with van der Waals surface area (Å²) >= 11 is 1.51. The molecule has 1 aliphatic heterocycles. The summed E-state index contributed by atoms with van der Waals surface area (Å²) in [7, 11) is 0. The van der Waals surface area contributed by atoms with Crippen molar-refractivity contribution in [2.45, 2.75) is 37.7 Å². The van der Waals surface area contributed by atoms with Crippen LogP contribution in [0.15, 0.2) is 0 Å². The molecular weight excluding hydrogens is 246 g/mol. The molecule has 94 valence electrons. The Balaban J connectivity index is 1.65. The van der Waals surface area contributed by atoms with Crippen LogP contribution in [0.3, 0.4) is 0 Å². The van der Waals surface area contributed by atoms with Crippen molar-refractivity contribution in [3.05, 3.63) is 10.6 Å². The Kier molecular flexibility index (Phi) is 2.78. The van der Waals surface area contributed by atoms with E-state index < -0.39 is 5.92 Å². The van der Waals surface area contributed by atoms with Gasteiger partial charge in [0.1, 0.15) is 6.10 Å². The van der Waals surface area contributed by atoms with Crippen molar-refractivity contribution in [1.29, 1.82) is 0 Å². The first kappa shape index (κ1) is 11.3. The van der Waals surface area contributed by atoms with Crippen LogP contribution >= 0.6 is 11.3 Å². The van der Waals surface area contributed by atoms with Crippen LogP contribution < -0.4 is 10.1 Å². The van der Waals surface area contributed by atoms with Gasteiger partial charge in [0.2, 0.25) is 0 Å². The predicted molar refractivity (Wildman–Crippen MR) is 61.0 cm³/mol. The molecule has 0 unspecified atom stereocenters. The third kappa shape index (κ3) is 2.42. The van der Waals surface area contributed by atoms with E-state index in [0.717, 1.165) is 31.6 Å². The number of ether oxygens (including phenoxy) is 1. The zero-order valence-electron chi connectivity index (χ0n) is 9.34. The number of rotatable bonds is 2. The summed E-state index contributed by atoms with van der Waals surface area (Å²) in [6.45, 7) is 1.88. The number of thiazole rings is 1. The van der Waals surface area contributed by atoms with E-state index in [1.807, 2.05) is 0 Å². The van der Waals surface area contributed by atoms with Crippen LogP contribution in [0, 0.1) is 0 Å². The lowest BCUT2D eigenvalue weighted by atomic mass is 9.91. The van der Waals surface area contributed by atoms with Gasteiger partial charge < -0.3 is 10.1 Å². The van der Waals surface area contributed by atoms with Gasteiger partial charge in [-0.25, -0.2) is 13.8 Å². The molecule has 0 saturated heterocycles. The molecule has 1 aromatic rings. The van der Waals surface area contributed by atoms with Gasteiger partial charge in [-0.15, -0.1) is 0 Å². The number of hydrogen-bond acceptors (Lipinski definition) is 4. The maximum absolute atomic E-state index is 12.7. The third-order valence-electron chi connectivity index (χ3n) is 3.15. The van der Waals surface area contributed by atoms with Crippen LogP contribution in [0.5, 0.6) is 5.19 Å². The Morgan fingerprint density at radius 3 is 2.82 bits per heavy atom. The van der Waals surface area contributed by atoms with Crippen molar-refractivity contribution in [1.82, 2.24) is 10.3 Å². The summed E-state index contributed by atoms with van der Waals surface area (Å²) in [5.41, 5.74) is 1.07. The van der Waals surface area contributed by atoms with Crippen molar-refractivity contribution >= 4 is 11.3 Å². The fourth-order valence-corrected chi connectivity index (χ4v) is 3.19. The molecule has 1 saturated carbocycles. The SMILES string of the molecule is FC1(F)CC(Oc2nc3c(s2)CCNCC3)C1. The standard InChI is InChI=1S/C11H14F2N2OS/c12-11(13)5-7(6-11)16-10-15-8-1-3-14-4-2-9(8)17-10/h7,14H,1-6H2. The molecule has 2 heterocycles. The molecule has 0 aromatic carbocycles. The first-order chi connectivity index (χ1) is 8.12. The van der Waals surface area contributed by atoms with Crippen LogP contribution in [-0.2, 0) is 12.8 Å². The van der Waals surface area contributed by atoms with Gasteiger partial charge in [0.05, 0.1) is 5.69 Å². The monoisotopic (exact) mass is 260 g/mol. The first-order valence-electron chi connectivity index (χ1n) is 5.86. The molecule has 0 amide bonds.